The number of alkyl carbamates (subject to hydrolysis) is 1. The predicted molar refractivity (Wildman–Crippen MR) is 135 cm³/mol. The lowest BCUT2D eigenvalue weighted by Gasteiger charge is -2.20. The molecule has 1 aromatic heterocycles. The normalized spacial score (nSPS) is 14.6. The fourth-order valence-corrected chi connectivity index (χ4v) is 4.06. The van der Waals surface area contributed by atoms with Crippen molar-refractivity contribution < 1.29 is 19.1 Å². The van der Waals surface area contributed by atoms with Crippen molar-refractivity contribution in [3.63, 3.8) is 0 Å². The van der Waals surface area contributed by atoms with Gasteiger partial charge in [-0.3, -0.25) is 20.3 Å². The molecule has 0 saturated heterocycles. The highest BCUT2D eigenvalue weighted by atomic mass is 16.6. The number of hydrogen-bond donors (Lipinski definition) is 4. The second-order valence-corrected chi connectivity index (χ2v) is 9.62. The van der Waals surface area contributed by atoms with Crippen LogP contribution in [0.1, 0.15) is 49.9 Å². The van der Waals surface area contributed by atoms with Gasteiger partial charge in [0.25, 0.3) is 5.56 Å². The second kappa shape index (κ2) is 10.2. The molecule has 0 fully saturated rings. The van der Waals surface area contributed by atoms with Gasteiger partial charge < -0.3 is 14.8 Å². The fraction of sp³-hybridized carbons (Fsp3) is 0.346. The number of fused-ring (bicyclic) bond motifs is 2. The van der Waals surface area contributed by atoms with Crippen LogP contribution in [0.4, 0.5) is 4.79 Å². The van der Waals surface area contributed by atoms with Crippen LogP contribution in [0.3, 0.4) is 0 Å². The summed E-state index contributed by atoms with van der Waals surface area (Å²) < 4.78 is 11.0. The Morgan fingerprint density at radius 3 is 2.69 bits per heavy atom. The van der Waals surface area contributed by atoms with Crippen molar-refractivity contribution >= 4 is 28.6 Å². The highest BCUT2D eigenvalue weighted by Crippen LogP contribution is 2.36. The molecule has 188 valence electrons. The molecule has 4 rings (SSSR count). The van der Waals surface area contributed by atoms with Crippen LogP contribution in [-0.2, 0) is 16.0 Å². The molecule has 10 nitrogen and oxygen atoms in total. The van der Waals surface area contributed by atoms with Gasteiger partial charge in [0, 0.05) is 29.0 Å². The van der Waals surface area contributed by atoms with Gasteiger partial charge in [-0.15, -0.1) is 0 Å². The number of benzene rings is 2. The number of aromatic nitrogens is 2. The number of ether oxygens (including phenoxy) is 2. The first-order valence-corrected chi connectivity index (χ1v) is 11.7. The SMILES string of the molecule is CC(C)(C)OC(=O)NC(=N)c1ccc2c(c1)C(CCNC(=O)Cc1n[nH]c(=O)c3ccccc13)CO2. The number of rotatable bonds is 6. The standard InChI is InChI=1S/C26H29N5O5/c1-26(2,3)36-25(34)29-23(27)15-8-9-21-19(12-15)16(14-35-21)10-11-28-22(32)13-20-17-6-4-5-7-18(17)24(33)31-30-20/h4-9,12,16H,10-11,13-14H2,1-3H3,(H,28,32)(H,31,33)(H2,27,29,34). The molecule has 2 aromatic carbocycles. The van der Waals surface area contributed by atoms with Crippen LogP contribution in [0.5, 0.6) is 5.75 Å². The van der Waals surface area contributed by atoms with Crippen LogP contribution in [0.2, 0.25) is 0 Å². The monoisotopic (exact) mass is 491 g/mol. The highest BCUT2D eigenvalue weighted by molar-refractivity contribution is 6.04. The lowest BCUT2D eigenvalue weighted by Crippen LogP contribution is -2.36. The number of aromatic amines is 1. The van der Waals surface area contributed by atoms with E-state index in [-0.39, 0.29) is 29.6 Å². The fourth-order valence-electron chi connectivity index (χ4n) is 4.06. The first-order valence-electron chi connectivity index (χ1n) is 11.7. The van der Waals surface area contributed by atoms with E-state index in [4.69, 9.17) is 14.9 Å². The number of carbonyl (C=O) groups is 2. The number of H-pyrrole nitrogens is 1. The van der Waals surface area contributed by atoms with E-state index in [0.29, 0.717) is 41.6 Å². The molecule has 1 unspecified atom stereocenters. The predicted octanol–water partition coefficient (Wildman–Crippen LogP) is 3.00. The van der Waals surface area contributed by atoms with Crippen LogP contribution in [0.15, 0.2) is 47.3 Å². The van der Waals surface area contributed by atoms with Crippen LogP contribution >= 0.6 is 0 Å². The lowest BCUT2D eigenvalue weighted by molar-refractivity contribution is -0.120. The number of hydrogen-bond acceptors (Lipinski definition) is 7. The zero-order valence-corrected chi connectivity index (χ0v) is 20.4. The summed E-state index contributed by atoms with van der Waals surface area (Å²) in [5.74, 6) is 0.494. The van der Waals surface area contributed by atoms with Crippen molar-refractivity contribution in [2.45, 2.75) is 45.1 Å². The van der Waals surface area contributed by atoms with Crippen molar-refractivity contribution in [2.24, 2.45) is 0 Å². The molecule has 0 bridgehead atoms. The quantitative estimate of drug-likeness (QED) is 0.308. The number of amidine groups is 1. The maximum absolute atomic E-state index is 12.6. The molecule has 0 radical (unpaired) electrons. The molecule has 4 N–H and O–H groups in total. The summed E-state index contributed by atoms with van der Waals surface area (Å²) in [6, 6.07) is 12.4. The molecule has 36 heavy (non-hydrogen) atoms. The molecule has 2 heterocycles. The van der Waals surface area contributed by atoms with Crippen molar-refractivity contribution in [2.75, 3.05) is 13.2 Å². The van der Waals surface area contributed by atoms with Crippen LogP contribution in [-0.4, -0.2) is 46.8 Å². The third kappa shape index (κ3) is 5.88. The highest BCUT2D eigenvalue weighted by Gasteiger charge is 2.25. The van der Waals surface area contributed by atoms with Crippen LogP contribution < -0.4 is 20.9 Å². The summed E-state index contributed by atoms with van der Waals surface area (Å²) in [6.45, 7) is 6.15. The maximum atomic E-state index is 12.6. The second-order valence-electron chi connectivity index (χ2n) is 9.62. The third-order valence-corrected chi connectivity index (χ3v) is 5.72. The van der Waals surface area contributed by atoms with Gasteiger partial charge in [0.1, 0.15) is 17.2 Å². The van der Waals surface area contributed by atoms with Gasteiger partial charge in [-0.25, -0.2) is 9.89 Å². The lowest BCUT2D eigenvalue weighted by atomic mass is 9.96. The summed E-state index contributed by atoms with van der Waals surface area (Å²) in [6.07, 6.45) is -0.00473. The van der Waals surface area contributed by atoms with Gasteiger partial charge in [0.05, 0.1) is 24.1 Å². The Morgan fingerprint density at radius 2 is 1.94 bits per heavy atom. The van der Waals surface area contributed by atoms with Gasteiger partial charge >= 0.3 is 6.09 Å². The first-order chi connectivity index (χ1) is 17.1. The summed E-state index contributed by atoms with van der Waals surface area (Å²) in [5, 5.41) is 21.2. The van der Waals surface area contributed by atoms with E-state index in [1.807, 2.05) is 6.07 Å². The van der Waals surface area contributed by atoms with Gasteiger partial charge in [-0.2, -0.15) is 5.10 Å². The molecule has 0 saturated carbocycles. The average Bonchev–Trinajstić information content (AvgIpc) is 3.22. The van der Waals surface area contributed by atoms with E-state index in [2.05, 4.69) is 20.8 Å². The van der Waals surface area contributed by atoms with Crippen molar-refractivity contribution in [1.82, 2.24) is 20.8 Å². The minimum absolute atomic E-state index is 0.0293. The summed E-state index contributed by atoms with van der Waals surface area (Å²) in [5.41, 5.74) is 1.02. The number of nitrogens with one attached hydrogen (secondary N) is 4. The molecule has 3 aromatic rings. The molecule has 1 aliphatic rings. The van der Waals surface area contributed by atoms with E-state index in [1.54, 1.807) is 57.2 Å². The molecule has 0 spiro atoms. The Balaban J connectivity index is 1.34. The van der Waals surface area contributed by atoms with Gasteiger partial charge in [0.2, 0.25) is 5.91 Å². The van der Waals surface area contributed by atoms with Crippen molar-refractivity contribution in [3.8, 4) is 5.75 Å². The van der Waals surface area contributed by atoms with Crippen LogP contribution in [0, 0.1) is 5.41 Å². The number of nitrogens with zero attached hydrogens (tertiary/aromatic N) is 1. The Hall–Kier alpha value is -4.21. The Labute approximate surface area is 207 Å². The van der Waals surface area contributed by atoms with E-state index in [9.17, 15) is 14.4 Å². The molecular weight excluding hydrogens is 462 g/mol. The molecule has 2 amide bonds. The smallest absolute Gasteiger partial charge is 0.413 e. The number of amides is 2. The van der Waals surface area contributed by atoms with Crippen molar-refractivity contribution in [1.29, 1.82) is 5.41 Å². The Bertz CT molecular complexity index is 1380. The minimum atomic E-state index is -0.687. The summed E-state index contributed by atoms with van der Waals surface area (Å²) in [7, 11) is 0. The van der Waals surface area contributed by atoms with E-state index >= 15 is 0 Å². The number of carbonyl (C=O) groups excluding carboxylic acids is 2. The molecule has 1 atom stereocenters. The zero-order chi connectivity index (χ0) is 25.9. The average molecular weight is 492 g/mol. The molecule has 1 aliphatic heterocycles. The Morgan fingerprint density at radius 1 is 1.19 bits per heavy atom. The van der Waals surface area contributed by atoms with Crippen LogP contribution in [0.25, 0.3) is 10.8 Å². The zero-order valence-electron chi connectivity index (χ0n) is 20.4. The van der Waals surface area contributed by atoms with Gasteiger partial charge in [0.15, 0.2) is 0 Å². The third-order valence-electron chi connectivity index (χ3n) is 5.72. The minimum Gasteiger partial charge on any atom is -0.493 e. The summed E-state index contributed by atoms with van der Waals surface area (Å²) in [4.78, 5) is 36.5. The van der Waals surface area contributed by atoms with E-state index < -0.39 is 11.7 Å². The molecule has 0 aliphatic carbocycles. The van der Waals surface area contributed by atoms with Gasteiger partial charge in [-0.05, 0) is 51.5 Å². The first kappa shape index (κ1) is 24.9. The van der Waals surface area contributed by atoms with Crippen molar-refractivity contribution in [3.05, 3.63) is 69.6 Å². The van der Waals surface area contributed by atoms with E-state index in [0.717, 1.165) is 11.3 Å². The largest absolute Gasteiger partial charge is 0.493 e. The molecular formula is C26H29N5O5. The van der Waals surface area contributed by atoms with E-state index in [1.165, 1.54) is 0 Å². The van der Waals surface area contributed by atoms with Gasteiger partial charge in [-0.1, -0.05) is 18.2 Å². The topological polar surface area (TPSA) is 146 Å². The maximum Gasteiger partial charge on any atom is 0.413 e. The summed E-state index contributed by atoms with van der Waals surface area (Å²) >= 11 is 0. The Kier molecular flexibility index (Phi) is 7.05. The molecule has 10 heteroatoms.